The Labute approximate surface area is 178 Å². The minimum atomic E-state index is -0.326. The molecule has 2 rings (SSSR count). The molecule has 0 unspecified atom stereocenters. The number of hydrogen-bond acceptors (Lipinski definition) is 5. The topological polar surface area (TPSA) is 90.7 Å². The van der Waals surface area contributed by atoms with Crippen LogP contribution in [-0.4, -0.2) is 59.6 Å². The van der Waals surface area contributed by atoms with Gasteiger partial charge in [0.2, 0.25) is 5.91 Å². The summed E-state index contributed by atoms with van der Waals surface area (Å²) in [5.41, 5.74) is 1.90. The highest BCUT2D eigenvalue weighted by molar-refractivity contribution is 5.96. The van der Waals surface area contributed by atoms with E-state index in [1.807, 2.05) is 24.3 Å². The highest BCUT2D eigenvalue weighted by atomic mass is 16.5. The fraction of sp³-hybridized carbons (Fsp3) is 0.500. The zero-order valence-electron chi connectivity index (χ0n) is 18.6. The third kappa shape index (κ3) is 7.18. The number of anilines is 2. The van der Waals surface area contributed by atoms with E-state index in [2.05, 4.69) is 48.4 Å². The van der Waals surface area contributed by atoms with E-state index in [1.165, 1.54) is 10.5 Å². The highest BCUT2D eigenvalue weighted by Gasteiger charge is 2.19. The summed E-state index contributed by atoms with van der Waals surface area (Å²) in [5.74, 6) is 1.04. The Kier molecular flexibility index (Phi) is 8.86. The number of benzene rings is 1. The van der Waals surface area contributed by atoms with E-state index in [9.17, 15) is 9.59 Å². The van der Waals surface area contributed by atoms with Crippen LogP contribution in [0.2, 0.25) is 0 Å². The van der Waals surface area contributed by atoms with Crippen LogP contribution < -0.4 is 10.6 Å². The Morgan fingerprint density at radius 1 is 1.07 bits per heavy atom. The van der Waals surface area contributed by atoms with Gasteiger partial charge in [-0.15, -0.1) is 0 Å². The van der Waals surface area contributed by atoms with Crippen molar-refractivity contribution in [2.75, 3.05) is 43.4 Å². The van der Waals surface area contributed by atoms with Crippen molar-refractivity contribution < 1.29 is 14.1 Å². The smallest absolute Gasteiger partial charge is 0.322 e. The standard InChI is InChI=1S/C22H33N5O3/c1-6-26(7-2)12-13-27(15-21(28)24-20-14-17(5)30-25-20)22(29)23-19-10-8-18(9-11-19)16(3)4/h8-11,14,16H,6-7,12-13,15H2,1-5H3,(H,23,29)(H,24,25,28). The molecule has 0 bridgehead atoms. The molecule has 1 aromatic heterocycles. The summed E-state index contributed by atoms with van der Waals surface area (Å²) in [6, 6.07) is 9.09. The summed E-state index contributed by atoms with van der Waals surface area (Å²) in [7, 11) is 0. The van der Waals surface area contributed by atoms with Crippen LogP contribution in [0.15, 0.2) is 34.9 Å². The summed E-state index contributed by atoms with van der Waals surface area (Å²) in [5, 5.41) is 9.33. The lowest BCUT2D eigenvalue weighted by molar-refractivity contribution is -0.116. The van der Waals surface area contributed by atoms with Crippen LogP contribution in [0.25, 0.3) is 0 Å². The average Bonchev–Trinajstić information content (AvgIpc) is 3.12. The summed E-state index contributed by atoms with van der Waals surface area (Å²) in [6.07, 6.45) is 0. The second-order valence-corrected chi connectivity index (χ2v) is 7.53. The summed E-state index contributed by atoms with van der Waals surface area (Å²) in [6.45, 7) is 12.9. The van der Waals surface area contributed by atoms with Crippen LogP contribution in [0.5, 0.6) is 0 Å². The van der Waals surface area contributed by atoms with E-state index in [0.717, 1.165) is 13.1 Å². The molecule has 0 spiro atoms. The molecule has 0 aliphatic rings. The van der Waals surface area contributed by atoms with Gasteiger partial charge in [-0.3, -0.25) is 4.79 Å². The van der Waals surface area contributed by atoms with Gasteiger partial charge >= 0.3 is 6.03 Å². The van der Waals surface area contributed by atoms with Gasteiger partial charge in [0, 0.05) is 24.8 Å². The predicted molar refractivity (Wildman–Crippen MR) is 119 cm³/mol. The summed E-state index contributed by atoms with van der Waals surface area (Å²) in [4.78, 5) is 29.1. The van der Waals surface area contributed by atoms with Crippen molar-refractivity contribution in [3.63, 3.8) is 0 Å². The SMILES string of the molecule is CCN(CC)CCN(CC(=O)Nc1cc(C)on1)C(=O)Nc1ccc(C(C)C)cc1. The molecule has 2 aromatic rings. The van der Waals surface area contributed by atoms with Crippen molar-refractivity contribution in [3.8, 4) is 0 Å². The van der Waals surface area contributed by atoms with Crippen LogP contribution >= 0.6 is 0 Å². The van der Waals surface area contributed by atoms with Gasteiger partial charge in [0.1, 0.15) is 12.3 Å². The van der Waals surface area contributed by atoms with Gasteiger partial charge in [0.15, 0.2) is 5.82 Å². The zero-order chi connectivity index (χ0) is 22.1. The molecule has 1 aromatic carbocycles. The lowest BCUT2D eigenvalue weighted by Crippen LogP contribution is -2.44. The Morgan fingerprint density at radius 3 is 2.27 bits per heavy atom. The van der Waals surface area contributed by atoms with Gasteiger partial charge in [-0.1, -0.05) is 45.0 Å². The predicted octanol–water partition coefficient (Wildman–Crippen LogP) is 3.92. The molecule has 8 heteroatoms. The number of hydrogen-bond donors (Lipinski definition) is 2. The Hall–Kier alpha value is -2.87. The Bertz CT molecular complexity index is 812. The van der Waals surface area contributed by atoms with Gasteiger partial charge in [-0.2, -0.15) is 0 Å². The van der Waals surface area contributed by atoms with E-state index >= 15 is 0 Å². The van der Waals surface area contributed by atoms with E-state index < -0.39 is 0 Å². The maximum atomic E-state index is 12.9. The summed E-state index contributed by atoms with van der Waals surface area (Å²) >= 11 is 0. The second-order valence-electron chi connectivity index (χ2n) is 7.53. The van der Waals surface area contributed by atoms with Crippen LogP contribution in [0, 0.1) is 6.92 Å². The largest absolute Gasteiger partial charge is 0.360 e. The van der Waals surface area contributed by atoms with Crippen molar-refractivity contribution in [3.05, 3.63) is 41.7 Å². The molecule has 0 aliphatic heterocycles. The molecule has 1 heterocycles. The second kappa shape index (κ2) is 11.3. The van der Waals surface area contributed by atoms with Crippen LogP contribution in [0.4, 0.5) is 16.3 Å². The molecule has 0 fully saturated rings. The van der Waals surface area contributed by atoms with Crippen LogP contribution in [0.3, 0.4) is 0 Å². The normalized spacial score (nSPS) is 11.0. The number of rotatable bonds is 10. The number of aromatic nitrogens is 1. The molecule has 0 atom stereocenters. The average molecular weight is 416 g/mol. The maximum Gasteiger partial charge on any atom is 0.322 e. The highest BCUT2D eigenvalue weighted by Crippen LogP contribution is 2.17. The first-order chi connectivity index (χ1) is 14.3. The quantitative estimate of drug-likeness (QED) is 0.614. The van der Waals surface area contributed by atoms with E-state index in [4.69, 9.17) is 4.52 Å². The third-order valence-electron chi connectivity index (χ3n) is 4.93. The molecule has 164 valence electrons. The molecule has 0 saturated carbocycles. The number of carbonyl (C=O) groups excluding carboxylic acids is 2. The fourth-order valence-electron chi connectivity index (χ4n) is 2.99. The van der Waals surface area contributed by atoms with Crippen LogP contribution in [0.1, 0.15) is 44.9 Å². The number of likely N-dealkylation sites (N-methyl/N-ethyl adjacent to an activating group) is 1. The van der Waals surface area contributed by atoms with Crippen molar-refractivity contribution in [1.29, 1.82) is 0 Å². The Balaban J connectivity index is 2.04. The van der Waals surface area contributed by atoms with E-state index in [1.54, 1.807) is 13.0 Å². The van der Waals surface area contributed by atoms with Gasteiger partial charge in [0.25, 0.3) is 0 Å². The van der Waals surface area contributed by atoms with Crippen molar-refractivity contribution >= 4 is 23.4 Å². The number of amides is 3. The van der Waals surface area contributed by atoms with Gasteiger partial charge in [0.05, 0.1) is 0 Å². The molecule has 3 amide bonds. The lowest BCUT2D eigenvalue weighted by Gasteiger charge is -2.26. The maximum absolute atomic E-state index is 12.9. The van der Waals surface area contributed by atoms with Crippen molar-refractivity contribution in [2.45, 2.75) is 40.5 Å². The number of aryl methyl sites for hydroxylation is 1. The number of nitrogens with one attached hydrogen (secondary N) is 2. The molecule has 30 heavy (non-hydrogen) atoms. The summed E-state index contributed by atoms with van der Waals surface area (Å²) < 4.78 is 4.97. The molecule has 0 saturated heterocycles. The van der Waals surface area contributed by atoms with E-state index in [0.29, 0.717) is 36.3 Å². The monoisotopic (exact) mass is 415 g/mol. The van der Waals surface area contributed by atoms with Crippen molar-refractivity contribution in [2.24, 2.45) is 0 Å². The zero-order valence-corrected chi connectivity index (χ0v) is 18.6. The van der Waals surface area contributed by atoms with Crippen molar-refractivity contribution in [1.82, 2.24) is 15.0 Å². The number of nitrogens with zero attached hydrogens (tertiary/aromatic N) is 3. The molecule has 2 N–H and O–H groups in total. The molecular weight excluding hydrogens is 382 g/mol. The van der Waals surface area contributed by atoms with Gasteiger partial charge in [-0.05, 0) is 43.6 Å². The molecule has 8 nitrogen and oxygen atoms in total. The van der Waals surface area contributed by atoms with Gasteiger partial charge in [-0.25, -0.2) is 4.79 Å². The lowest BCUT2D eigenvalue weighted by atomic mass is 10.0. The first kappa shape index (κ1) is 23.4. The molecular formula is C22H33N5O3. The van der Waals surface area contributed by atoms with Gasteiger partial charge < -0.3 is 25.0 Å². The van der Waals surface area contributed by atoms with Crippen LogP contribution in [-0.2, 0) is 4.79 Å². The minimum Gasteiger partial charge on any atom is -0.360 e. The minimum absolute atomic E-state index is 0.0803. The molecule has 0 aliphatic carbocycles. The fourth-order valence-corrected chi connectivity index (χ4v) is 2.99. The van der Waals surface area contributed by atoms with E-state index in [-0.39, 0.29) is 18.5 Å². The first-order valence-corrected chi connectivity index (χ1v) is 10.4. The number of urea groups is 1. The first-order valence-electron chi connectivity index (χ1n) is 10.4. The molecule has 0 radical (unpaired) electrons. The third-order valence-corrected chi connectivity index (χ3v) is 4.93. The Morgan fingerprint density at radius 2 is 1.73 bits per heavy atom. The number of carbonyl (C=O) groups is 2.